The summed E-state index contributed by atoms with van der Waals surface area (Å²) < 4.78 is 6.16. The standard InChI is InChI=1S/C31H25BrN2O6/c32-25-15-13-22(14-16-25)28(35)20-40-31(37)27(19-21-11-17-26(18-12-21)34(38)39)33-30(36)29(23-7-3-1-4-8-23)24-9-5-2-6-10-24/h1-18,27,29H,19-20H2,(H,33,36)/t27-/m0/s1. The predicted octanol–water partition coefficient (Wildman–Crippen LogP) is 5.64. The van der Waals surface area contributed by atoms with Crippen LogP contribution in [-0.2, 0) is 20.7 Å². The molecule has 1 amide bonds. The quantitative estimate of drug-likeness (QED) is 0.103. The van der Waals surface area contributed by atoms with Gasteiger partial charge in [0.1, 0.15) is 6.04 Å². The number of benzene rings is 4. The number of non-ortho nitro benzene ring substituents is 1. The molecule has 1 N–H and O–H groups in total. The monoisotopic (exact) mass is 600 g/mol. The van der Waals surface area contributed by atoms with Crippen molar-refractivity contribution in [2.45, 2.75) is 18.4 Å². The van der Waals surface area contributed by atoms with Crippen molar-refractivity contribution >= 4 is 39.3 Å². The van der Waals surface area contributed by atoms with E-state index in [0.717, 1.165) is 15.6 Å². The van der Waals surface area contributed by atoms with Gasteiger partial charge in [-0.3, -0.25) is 19.7 Å². The number of ketones is 1. The second-order valence-electron chi connectivity index (χ2n) is 8.98. The molecule has 0 saturated heterocycles. The number of Topliss-reactive ketones (excluding diaryl/α,β-unsaturated/α-hetero) is 1. The fourth-order valence-electron chi connectivity index (χ4n) is 4.18. The minimum atomic E-state index is -1.15. The van der Waals surface area contributed by atoms with Crippen LogP contribution < -0.4 is 5.32 Å². The predicted molar refractivity (Wildman–Crippen MR) is 153 cm³/mol. The molecule has 0 fully saturated rings. The number of carbonyl (C=O) groups excluding carboxylic acids is 3. The SMILES string of the molecule is O=C(COC(=O)[C@H](Cc1ccc([N+](=O)[O-])cc1)NC(=O)C(c1ccccc1)c1ccccc1)c1ccc(Br)cc1. The molecular weight excluding hydrogens is 576 g/mol. The number of ether oxygens (including phenoxy) is 1. The Morgan fingerprint density at radius 1 is 0.800 bits per heavy atom. The maximum absolute atomic E-state index is 13.7. The summed E-state index contributed by atoms with van der Waals surface area (Å²) in [4.78, 5) is 50.1. The van der Waals surface area contributed by atoms with E-state index in [2.05, 4.69) is 21.2 Å². The Hall–Kier alpha value is -4.63. The van der Waals surface area contributed by atoms with Crippen molar-refractivity contribution in [2.75, 3.05) is 6.61 Å². The van der Waals surface area contributed by atoms with E-state index in [4.69, 9.17) is 4.74 Å². The van der Waals surface area contributed by atoms with Crippen LogP contribution in [0.15, 0.2) is 114 Å². The number of amides is 1. The lowest BCUT2D eigenvalue weighted by molar-refractivity contribution is -0.384. The highest BCUT2D eigenvalue weighted by Gasteiger charge is 2.29. The largest absolute Gasteiger partial charge is 0.456 e. The smallest absolute Gasteiger partial charge is 0.329 e. The third-order valence-corrected chi connectivity index (χ3v) is 6.76. The molecule has 9 heteroatoms. The average molecular weight is 601 g/mol. The van der Waals surface area contributed by atoms with E-state index in [0.29, 0.717) is 11.1 Å². The minimum Gasteiger partial charge on any atom is -0.456 e. The minimum absolute atomic E-state index is 0.00530. The molecule has 0 heterocycles. The summed E-state index contributed by atoms with van der Waals surface area (Å²) in [6.07, 6.45) is 0.00530. The summed E-state index contributed by atoms with van der Waals surface area (Å²) in [5, 5.41) is 13.9. The van der Waals surface area contributed by atoms with E-state index in [1.165, 1.54) is 24.3 Å². The van der Waals surface area contributed by atoms with Crippen LogP contribution in [0.25, 0.3) is 0 Å². The molecule has 0 bridgehead atoms. The summed E-state index contributed by atoms with van der Waals surface area (Å²) in [7, 11) is 0. The van der Waals surface area contributed by atoms with Gasteiger partial charge in [-0.15, -0.1) is 0 Å². The zero-order chi connectivity index (χ0) is 28.5. The van der Waals surface area contributed by atoms with Crippen LogP contribution in [0.1, 0.15) is 33.0 Å². The van der Waals surface area contributed by atoms with Gasteiger partial charge in [0.25, 0.3) is 5.69 Å². The number of nitro groups is 1. The maximum atomic E-state index is 13.7. The zero-order valence-electron chi connectivity index (χ0n) is 21.2. The van der Waals surface area contributed by atoms with Gasteiger partial charge >= 0.3 is 5.97 Å². The molecule has 4 aromatic rings. The molecule has 4 rings (SSSR count). The first kappa shape index (κ1) is 28.4. The second kappa shape index (κ2) is 13.4. The summed E-state index contributed by atoms with van der Waals surface area (Å²) in [5.41, 5.74) is 2.32. The van der Waals surface area contributed by atoms with E-state index < -0.39 is 41.1 Å². The number of carbonyl (C=O) groups is 3. The van der Waals surface area contributed by atoms with Crippen LogP contribution in [0.4, 0.5) is 5.69 Å². The molecule has 1 atom stereocenters. The molecule has 0 unspecified atom stereocenters. The van der Waals surface area contributed by atoms with Crippen LogP contribution >= 0.6 is 15.9 Å². The summed E-state index contributed by atoms with van der Waals surface area (Å²) in [6.45, 7) is -0.506. The van der Waals surface area contributed by atoms with E-state index in [-0.39, 0.29) is 12.1 Å². The Balaban J connectivity index is 1.57. The van der Waals surface area contributed by atoms with Crippen molar-refractivity contribution < 1.29 is 24.0 Å². The van der Waals surface area contributed by atoms with Crippen molar-refractivity contribution in [2.24, 2.45) is 0 Å². The highest BCUT2D eigenvalue weighted by atomic mass is 79.9. The highest BCUT2D eigenvalue weighted by Crippen LogP contribution is 2.25. The number of hydrogen-bond acceptors (Lipinski definition) is 6. The van der Waals surface area contributed by atoms with Crippen molar-refractivity contribution in [3.63, 3.8) is 0 Å². The fraction of sp³-hybridized carbons (Fsp3) is 0.129. The van der Waals surface area contributed by atoms with Crippen LogP contribution in [0.3, 0.4) is 0 Å². The van der Waals surface area contributed by atoms with Crippen molar-refractivity contribution in [1.82, 2.24) is 5.32 Å². The molecule has 0 aliphatic heterocycles. The first-order valence-electron chi connectivity index (χ1n) is 12.4. The van der Waals surface area contributed by atoms with Gasteiger partial charge in [-0.25, -0.2) is 4.79 Å². The molecule has 202 valence electrons. The molecule has 0 aliphatic rings. The molecule has 8 nitrogen and oxygen atoms in total. The Kier molecular flexibility index (Phi) is 9.53. The number of halogens is 1. The van der Waals surface area contributed by atoms with Gasteiger partial charge in [-0.05, 0) is 28.8 Å². The molecule has 40 heavy (non-hydrogen) atoms. The third kappa shape index (κ3) is 7.48. The Morgan fingerprint density at radius 2 is 1.35 bits per heavy atom. The topological polar surface area (TPSA) is 116 Å². The molecule has 0 saturated carbocycles. The zero-order valence-corrected chi connectivity index (χ0v) is 22.8. The first-order valence-corrected chi connectivity index (χ1v) is 13.2. The Morgan fingerprint density at radius 3 is 1.88 bits per heavy atom. The summed E-state index contributed by atoms with van der Waals surface area (Å²) in [5.74, 6) is -2.33. The molecule has 0 radical (unpaired) electrons. The number of nitro benzene ring substituents is 1. The van der Waals surface area contributed by atoms with Gasteiger partial charge in [-0.2, -0.15) is 0 Å². The van der Waals surface area contributed by atoms with Gasteiger partial charge in [0, 0.05) is 28.6 Å². The second-order valence-corrected chi connectivity index (χ2v) is 9.90. The van der Waals surface area contributed by atoms with Gasteiger partial charge in [0.2, 0.25) is 5.91 Å². The number of nitrogens with one attached hydrogen (secondary N) is 1. The van der Waals surface area contributed by atoms with Gasteiger partial charge < -0.3 is 10.1 Å². The first-order chi connectivity index (χ1) is 19.3. The van der Waals surface area contributed by atoms with Crippen molar-refractivity contribution in [1.29, 1.82) is 0 Å². The molecular formula is C31H25BrN2O6. The lowest BCUT2D eigenvalue weighted by Gasteiger charge is -2.23. The highest BCUT2D eigenvalue weighted by molar-refractivity contribution is 9.10. The van der Waals surface area contributed by atoms with Gasteiger partial charge in [0.05, 0.1) is 10.8 Å². The molecule has 0 spiro atoms. The van der Waals surface area contributed by atoms with E-state index >= 15 is 0 Å². The average Bonchev–Trinajstić information content (AvgIpc) is 2.97. The van der Waals surface area contributed by atoms with Crippen LogP contribution in [0, 0.1) is 10.1 Å². The number of esters is 1. The molecule has 0 aromatic heterocycles. The number of nitrogens with zero attached hydrogens (tertiary/aromatic N) is 1. The normalized spacial score (nSPS) is 11.4. The van der Waals surface area contributed by atoms with E-state index in [1.54, 1.807) is 24.3 Å². The lowest BCUT2D eigenvalue weighted by Crippen LogP contribution is -2.45. The Labute approximate surface area is 239 Å². The van der Waals surface area contributed by atoms with Gasteiger partial charge in [-0.1, -0.05) is 101 Å². The van der Waals surface area contributed by atoms with E-state index in [1.807, 2.05) is 60.7 Å². The maximum Gasteiger partial charge on any atom is 0.329 e. The van der Waals surface area contributed by atoms with Crippen LogP contribution in [0.5, 0.6) is 0 Å². The van der Waals surface area contributed by atoms with Crippen LogP contribution in [-0.4, -0.2) is 35.2 Å². The summed E-state index contributed by atoms with van der Waals surface area (Å²) in [6, 6.07) is 29.5. The van der Waals surface area contributed by atoms with Crippen molar-refractivity contribution in [3.05, 3.63) is 146 Å². The number of rotatable bonds is 11. The molecule has 0 aliphatic carbocycles. The van der Waals surface area contributed by atoms with Gasteiger partial charge in [0.15, 0.2) is 12.4 Å². The molecule has 4 aromatic carbocycles. The van der Waals surface area contributed by atoms with Crippen molar-refractivity contribution in [3.8, 4) is 0 Å². The van der Waals surface area contributed by atoms with E-state index in [9.17, 15) is 24.5 Å². The summed E-state index contributed by atoms with van der Waals surface area (Å²) >= 11 is 3.31. The van der Waals surface area contributed by atoms with Crippen LogP contribution in [0.2, 0.25) is 0 Å². The fourth-order valence-corrected chi connectivity index (χ4v) is 4.44. The lowest BCUT2D eigenvalue weighted by atomic mass is 9.90. The Bertz CT molecular complexity index is 1440. The number of hydrogen-bond donors (Lipinski definition) is 1. The third-order valence-electron chi connectivity index (χ3n) is 6.23.